The van der Waals surface area contributed by atoms with Gasteiger partial charge in [-0.3, -0.25) is 9.80 Å². The molecule has 0 amide bonds. The zero-order valence-corrected chi connectivity index (χ0v) is 20.5. The Morgan fingerprint density at radius 2 is 1.74 bits per heavy atom. The fourth-order valence-corrected chi connectivity index (χ4v) is 5.28. The van der Waals surface area contributed by atoms with Crippen LogP contribution in [0.4, 0.5) is 0 Å². The molecule has 0 N–H and O–H groups in total. The Balaban J connectivity index is 1.36. The molecule has 2 aromatic heterocycles. The molecular weight excluding hydrogens is 444 g/mol. The molecular formula is C26H30N6OS. The number of benzene rings is 2. The Bertz CT molecular complexity index is 1180. The molecule has 0 spiro atoms. The smallest absolute Gasteiger partial charge is 0.173 e. The molecule has 176 valence electrons. The number of rotatable bonds is 8. The first-order chi connectivity index (χ1) is 16.7. The number of aryl methyl sites for hydroxylation is 1. The summed E-state index contributed by atoms with van der Waals surface area (Å²) in [6, 6.07) is 21.3. The molecule has 0 aliphatic carbocycles. The van der Waals surface area contributed by atoms with Crippen molar-refractivity contribution in [2.45, 2.75) is 26.1 Å². The van der Waals surface area contributed by atoms with Gasteiger partial charge >= 0.3 is 0 Å². The van der Waals surface area contributed by atoms with E-state index in [1.807, 2.05) is 16.8 Å². The predicted octanol–water partition coefficient (Wildman–Crippen LogP) is 4.01. The van der Waals surface area contributed by atoms with Gasteiger partial charge in [-0.1, -0.05) is 54.1 Å². The minimum Gasteiger partial charge on any atom is -0.496 e. The topological polar surface area (TPSA) is 59.3 Å². The molecule has 5 rings (SSSR count). The molecule has 3 heterocycles. The first-order valence-electron chi connectivity index (χ1n) is 11.6. The van der Waals surface area contributed by atoms with Gasteiger partial charge in [0.1, 0.15) is 5.75 Å². The van der Waals surface area contributed by atoms with Crippen LogP contribution in [-0.4, -0.2) is 63.3 Å². The van der Waals surface area contributed by atoms with Crippen molar-refractivity contribution in [3.63, 3.8) is 0 Å². The van der Waals surface area contributed by atoms with Gasteiger partial charge in [0.25, 0.3) is 0 Å². The van der Waals surface area contributed by atoms with Crippen LogP contribution >= 0.6 is 11.3 Å². The Hall–Kier alpha value is -3.07. The van der Waals surface area contributed by atoms with Gasteiger partial charge < -0.3 is 4.74 Å². The summed E-state index contributed by atoms with van der Waals surface area (Å²) in [7, 11) is 1.74. The van der Waals surface area contributed by atoms with Crippen LogP contribution < -0.4 is 4.74 Å². The fourth-order valence-electron chi connectivity index (χ4n) is 4.60. The van der Waals surface area contributed by atoms with Crippen LogP contribution in [0.1, 0.15) is 33.4 Å². The van der Waals surface area contributed by atoms with Crippen molar-refractivity contribution in [1.29, 1.82) is 0 Å². The third kappa shape index (κ3) is 5.04. The van der Waals surface area contributed by atoms with Crippen molar-refractivity contribution < 1.29 is 4.74 Å². The molecule has 0 radical (unpaired) electrons. The number of hydrogen-bond acceptors (Lipinski definition) is 7. The monoisotopic (exact) mass is 474 g/mol. The van der Waals surface area contributed by atoms with E-state index in [-0.39, 0.29) is 6.04 Å². The van der Waals surface area contributed by atoms with Crippen molar-refractivity contribution in [2.24, 2.45) is 0 Å². The second kappa shape index (κ2) is 10.5. The quantitative estimate of drug-likeness (QED) is 0.385. The lowest BCUT2D eigenvalue weighted by Gasteiger charge is -2.39. The minimum atomic E-state index is 0.0176. The summed E-state index contributed by atoms with van der Waals surface area (Å²) in [6.45, 7) is 7.55. The first kappa shape index (κ1) is 22.7. The highest BCUT2D eigenvalue weighted by Gasteiger charge is 2.31. The minimum absolute atomic E-state index is 0.0176. The van der Waals surface area contributed by atoms with Gasteiger partial charge in [-0.15, -0.1) is 16.4 Å². The van der Waals surface area contributed by atoms with Crippen LogP contribution in [0.15, 0.2) is 66.0 Å². The standard InChI is InChI=1S/C26H30N6OS/c1-20-9-11-21(12-10-20)25(26-27-28-29-32(26)19-23-7-5-17-34-23)31-15-13-30(14-16-31)18-22-6-3-4-8-24(22)33-2/h3-12,17,25H,13-16,18-19H2,1-2H3. The van der Waals surface area contributed by atoms with E-state index in [0.717, 1.165) is 44.3 Å². The molecule has 1 unspecified atom stereocenters. The van der Waals surface area contributed by atoms with Gasteiger partial charge in [0.05, 0.1) is 19.7 Å². The summed E-state index contributed by atoms with van der Waals surface area (Å²) in [5.41, 5.74) is 3.71. The molecule has 1 atom stereocenters. The summed E-state index contributed by atoms with van der Waals surface area (Å²) in [4.78, 5) is 6.26. The van der Waals surface area contributed by atoms with E-state index in [2.05, 4.69) is 86.2 Å². The molecule has 1 aliphatic heterocycles. The van der Waals surface area contributed by atoms with Crippen molar-refractivity contribution in [3.8, 4) is 5.75 Å². The molecule has 1 aliphatic rings. The molecule has 0 bridgehead atoms. The van der Waals surface area contributed by atoms with Crippen LogP contribution in [0.3, 0.4) is 0 Å². The lowest BCUT2D eigenvalue weighted by molar-refractivity contribution is 0.0997. The zero-order chi connectivity index (χ0) is 23.3. The van der Waals surface area contributed by atoms with E-state index in [1.165, 1.54) is 21.6 Å². The molecule has 34 heavy (non-hydrogen) atoms. The number of tetrazole rings is 1. The molecule has 1 saturated heterocycles. The lowest BCUT2D eigenvalue weighted by atomic mass is 10.0. The molecule has 8 heteroatoms. The van der Waals surface area contributed by atoms with Crippen molar-refractivity contribution >= 4 is 11.3 Å². The number of piperazine rings is 1. The number of methoxy groups -OCH3 is 1. The van der Waals surface area contributed by atoms with Gasteiger partial charge in [-0.25, -0.2) is 4.68 Å². The van der Waals surface area contributed by atoms with Crippen LogP contribution in [-0.2, 0) is 13.1 Å². The van der Waals surface area contributed by atoms with E-state index in [9.17, 15) is 0 Å². The number of thiophene rings is 1. The Morgan fingerprint density at radius 3 is 2.47 bits per heavy atom. The number of ether oxygens (including phenoxy) is 1. The van der Waals surface area contributed by atoms with Crippen LogP contribution in [0.2, 0.25) is 0 Å². The Kier molecular flexibility index (Phi) is 6.99. The van der Waals surface area contributed by atoms with Crippen molar-refractivity contribution in [3.05, 3.63) is 93.4 Å². The fraction of sp³-hybridized carbons (Fsp3) is 0.346. The van der Waals surface area contributed by atoms with Gasteiger partial charge in [0, 0.05) is 43.2 Å². The Morgan fingerprint density at radius 1 is 0.941 bits per heavy atom. The maximum absolute atomic E-state index is 5.56. The highest BCUT2D eigenvalue weighted by molar-refractivity contribution is 7.09. The van der Waals surface area contributed by atoms with E-state index in [4.69, 9.17) is 4.74 Å². The number of para-hydroxylation sites is 1. The number of aromatic nitrogens is 4. The maximum atomic E-state index is 5.56. The zero-order valence-electron chi connectivity index (χ0n) is 19.7. The van der Waals surface area contributed by atoms with Crippen LogP contribution in [0.25, 0.3) is 0 Å². The second-order valence-electron chi connectivity index (χ2n) is 8.71. The largest absolute Gasteiger partial charge is 0.496 e. The third-order valence-corrected chi connectivity index (χ3v) is 7.30. The second-order valence-corrected chi connectivity index (χ2v) is 9.74. The molecule has 4 aromatic rings. The third-order valence-electron chi connectivity index (χ3n) is 6.44. The average Bonchev–Trinajstić information content (AvgIpc) is 3.55. The van der Waals surface area contributed by atoms with Gasteiger partial charge in [0.15, 0.2) is 5.82 Å². The van der Waals surface area contributed by atoms with Gasteiger partial charge in [-0.05, 0) is 40.4 Å². The summed E-state index contributed by atoms with van der Waals surface area (Å²) in [5, 5.41) is 15.0. The number of hydrogen-bond donors (Lipinski definition) is 0. The SMILES string of the molecule is COc1ccccc1CN1CCN(C(c2ccc(C)cc2)c2nnnn2Cc2cccs2)CC1. The molecule has 0 saturated carbocycles. The predicted molar refractivity (Wildman–Crippen MR) is 134 cm³/mol. The van der Waals surface area contributed by atoms with Gasteiger partial charge in [-0.2, -0.15) is 0 Å². The summed E-state index contributed by atoms with van der Waals surface area (Å²) >= 11 is 1.73. The van der Waals surface area contributed by atoms with Crippen molar-refractivity contribution in [1.82, 2.24) is 30.0 Å². The average molecular weight is 475 g/mol. The summed E-state index contributed by atoms with van der Waals surface area (Å²) in [5.74, 6) is 1.85. The normalized spacial score (nSPS) is 15.9. The first-order valence-corrected chi connectivity index (χ1v) is 12.5. The molecule has 7 nitrogen and oxygen atoms in total. The number of nitrogens with zero attached hydrogens (tertiary/aromatic N) is 6. The molecule has 2 aromatic carbocycles. The van der Waals surface area contributed by atoms with Gasteiger partial charge in [0.2, 0.25) is 0 Å². The van der Waals surface area contributed by atoms with E-state index < -0.39 is 0 Å². The summed E-state index contributed by atoms with van der Waals surface area (Å²) < 4.78 is 7.51. The highest BCUT2D eigenvalue weighted by Crippen LogP contribution is 2.29. The van der Waals surface area contributed by atoms with Crippen LogP contribution in [0, 0.1) is 6.92 Å². The maximum Gasteiger partial charge on any atom is 0.173 e. The Labute approximate surface area is 204 Å². The molecule has 1 fully saturated rings. The van der Waals surface area contributed by atoms with E-state index >= 15 is 0 Å². The lowest BCUT2D eigenvalue weighted by Crippen LogP contribution is -2.48. The van der Waals surface area contributed by atoms with E-state index in [1.54, 1.807) is 18.4 Å². The van der Waals surface area contributed by atoms with Crippen LogP contribution in [0.5, 0.6) is 5.75 Å². The highest BCUT2D eigenvalue weighted by atomic mass is 32.1. The summed E-state index contributed by atoms with van der Waals surface area (Å²) in [6.07, 6.45) is 0. The van der Waals surface area contributed by atoms with E-state index in [0.29, 0.717) is 6.54 Å². The van der Waals surface area contributed by atoms with Crippen molar-refractivity contribution in [2.75, 3.05) is 33.3 Å².